The maximum absolute atomic E-state index is 13.1. The second kappa shape index (κ2) is 8.60. The number of ether oxygens (including phenoxy) is 3. The van der Waals surface area contributed by atoms with Gasteiger partial charge in [0.1, 0.15) is 18.8 Å². The van der Waals surface area contributed by atoms with E-state index in [0.29, 0.717) is 43.4 Å². The van der Waals surface area contributed by atoms with Gasteiger partial charge in [-0.25, -0.2) is 0 Å². The fraction of sp³-hybridized carbons (Fsp3) is 0.348. The number of carbonyl (C=O) groups excluding carboxylic acids is 2. The fourth-order valence-electron chi connectivity index (χ4n) is 4.39. The van der Waals surface area contributed by atoms with Crippen molar-refractivity contribution >= 4 is 17.4 Å². The average molecular weight is 438 g/mol. The molecule has 1 atom stereocenters. The van der Waals surface area contributed by atoms with E-state index in [9.17, 15) is 14.7 Å². The van der Waals surface area contributed by atoms with Crippen LogP contribution in [0.2, 0.25) is 0 Å². The molecule has 3 aliphatic heterocycles. The number of amides is 1. The van der Waals surface area contributed by atoms with Crippen molar-refractivity contribution < 1.29 is 33.8 Å². The fourth-order valence-corrected chi connectivity index (χ4v) is 4.39. The Balaban J connectivity index is 1.52. The number of pyridine rings is 1. The van der Waals surface area contributed by atoms with Gasteiger partial charge in [0.15, 0.2) is 11.5 Å². The molecule has 2 N–H and O–H groups in total. The second-order valence-electron chi connectivity index (χ2n) is 7.95. The van der Waals surface area contributed by atoms with Gasteiger partial charge >= 0.3 is 0 Å². The van der Waals surface area contributed by atoms with Crippen molar-refractivity contribution in [2.24, 2.45) is 0 Å². The number of aliphatic hydroxyl groups excluding tert-OH is 1. The molecule has 0 saturated carbocycles. The third kappa shape index (κ3) is 3.69. The Morgan fingerprint density at radius 2 is 1.84 bits per heavy atom. The molecule has 5 rings (SSSR count). The molecule has 0 aliphatic carbocycles. The molecule has 4 heterocycles. The van der Waals surface area contributed by atoms with E-state index in [1.54, 1.807) is 47.6 Å². The van der Waals surface area contributed by atoms with Crippen LogP contribution in [0.4, 0.5) is 0 Å². The van der Waals surface area contributed by atoms with Gasteiger partial charge < -0.3 is 29.1 Å². The van der Waals surface area contributed by atoms with E-state index in [1.165, 1.54) is 4.90 Å². The lowest BCUT2D eigenvalue weighted by Crippen LogP contribution is -3.14. The number of hydrogen-bond acceptors (Lipinski definition) is 7. The summed E-state index contributed by atoms with van der Waals surface area (Å²) in [6, 6.07) is 7.78. The standard InChI is InChI=1S/C23H23N3O6/c27-21(16-1-2-17-18(13-16)32-14-31-17)19-20(15-3-5-24-6-4-15)26(23(29)22(19)28)8-7-25-9-11-30-12-10-25/h1-6,13,20,27H,7-12,14H2/p+1. The summed E-state index contributed by atoms with van der Waals surface area (Å²) in [5, 5.41) is 11.2. The molecule has 2 saturated heterocycles. The van der Waals surface area contributed by atoms with E-state index in [0.717, 1.165) is 18.7 Å². The van der Waals surface area contributed by atoms with Crippen molar-refractivity contribution in [1.82, 2.24) is 9.88 Å². The number of nitrogens with one attached hydrogen (secondary N) is 1. The van der Waals surface area contributed by atoms with Crippen molar-refractivity contribution in [3.05, 3.63) is 59.4 Å². The summed E-state index contributed by atoms with van der Waals surface area (Å²) in [6.07, 6.45) is 3.23. The Kier molecular flexibility index (Phi) is 5.50. The van der Waals surface area contributed by atoms with Crippen molar-refractivity contribution in [2.45, 2.75) is 6.04 Å². The summed E-state index contributed by atoms with van der Waals surface area (Å²) < 4.78 is 16.1. The van der Waals surface area contributed by atoms with Crippen LogP contribution in [0.5, 0.6) is 11.5 Å². The number of aliphatic hydroxyl groups is 1. The van der Waals surface area contributed by atoms with Crippen LogP contribution in [0.15, 0.2) is 48.3 Å². The number of likely N-dealkylation sites (tertiary alicyclic amines) is 1. The average Bonchev–Trinajstić information content (AvgIpc) is 3.40. The number of hydrogen-bond donors (Lipinski definition) is 2. The van der Waals surface area contributed by atoms with Crippen LogP contribution in [0.3, 0.4) is 0 Å². The summed E-state index contributed by atoms with van der Waals surface area (Å²) >= 11 is 0. The van der Waals surface area contributed by atoms with Crippen LogP contribution in [0, 0.1) is 0 Å². The monoisotopic (exact) mass is 438 g/mol. The molecule has 2 fully saturated rings. The minimum Gasteiger partial charge on any atom is -0.507 e. The molecule has 9 nitrogen and oxygen atoms in total. The molecule has 1 amide bonds. The highest BCUT2D eigenvalue weighted by Crippen LogP contribution is 2.41. The molecule has 2 aromatic rings. The van der Waals surface area contributed by atoms with Gasteiger partial charge in [-0.15, -0.1) is 0 Å². The minimum atomic E-state index is -0.695. The molecule has 9 heteroatoms. The number of Topliss-reactive ketones (excluding diaryl/α,β-unsaturated/α-hetero) is 1. The zero-order chi connectivity index (χ0) is 22.1. The molecule has 0 spiro atoms. The Hall–Kier alpha value is -3.43. The second-order valence-corrected chi connectivity index (χ2v) is 7.95. The number of benzene rings is 1. The summed E-state index contributed by atoms with van der Waals surface area (Å²) in [6.45, 7) is 4.29. The topological polar surface area (TPSA) is 103 Å². The Morgan fingerprint density at radius 3 is 2.62 bits per heavy atom. The van der Waals surface area contributed by atoms with E-state index in [1.807, 2.05) is 0 Å². The van der Waals surface area contributed by atoms with Crippen molar-refractivity contribution in [1.29, 1.82) is 0 Å². The first-order valence-electron chi connectivity index (χ1n) is 10.6. The van der Waals surface area contributed by atoms with Crippen molar-refractivity contribution in [3.63, 3.8) is 0 Å². The molecule has 0 radical (unpaired) electrons. The van der Waals surface area contributed by atoms with Crippen LogP contribution >= 0.6 is 0 Å². The highest BCUT2D eigenvalue weighted by Gasteiger charge is 2.46. The van der Waals surface area contributed by atoms with Gasteiger partial charge in [-0.1, -0.05) is 0 Å². The minimum absolute atomic E-state index is 0.0667. The lowest BCUT2D eigenvalue weighted by Gasteiger charge is -2.29. The normalized spacial score (nSPS) is 22.5. The SMILES string of the molecule is O=C1C(=O)N(CC[NH+]2CCOCC2)C(c2ccncc2)C1=C(O)c1ccc2c(c1)OCO2. The van der Waals surface area contributed by atoms with Gasteiger partial charge in [0.05, 0.1) is 37.9 Å². The number of ketones is 1. The molecule has 0 bridgehead atoms. The van der Waals surface area contributed by atoms with Gasteiger partial charge in [-0.3, -0.25) is 14.6 Å². The number of aromatic nitrogens is 1. The number of rotatable bonds is 5. The third-order valence-electron chi connectivity index (χ3n) is 6.11. The lowest BCUT2D eigenvalue weighted by molar-refractivity contribution is -0.907. The first kappa shape index (κ1) is 20.5. The quantitative estimate of drug-likeness (QED) is 0.389. The Labute approximate surface area is 184 Å². The van der Waals surface area contributed by atoms with Gasteiger partial charge in [0, 0.05) is 18.0 Å². The van der Waals surface area contributed by atoms with E-state index < -0.39 is 17.7 Å². The zero-order valence-electron chi connectivity index (χ0n) is 17.5. The van der Waals surface area contributed by atoms with Gasteiger partial charge in [-0.2, -0.15) is 0 Å². The molecule has 1 unspecified atom stereocenters. The predicted octanol–water partition coefficient (Wildman–Crippen LogP) is 0.147. The lowest BCUT2D eigenvalue weighted by atomic mass is 9.96. The van der Waals surface area contributed by atoms with Crippen molar-refractivity contribution in [3.8, 4) is 11.5 Å². The highest BCUT2D eigenvalue weighted by atomic mass is 16.7. The van der Waals surface area contributed by atoms with Gasteiger partial charge in [0.2, 0.25) is 6.79 Å². The third-order valence-corrected chi connectivity index (χ3v) is 6.11. The maximum Gasteiger partial charge on any atom is 0.295 e. The van der Waals surface area contributed by atoms with Gasteiger partial charge in [0.25, 0.3) is 11.7 Å². The molecule has 1 aromatic carbocycles. The van der Waals surface area contributed by atoms with Crippen LogP contribution in [0.1, 0.15) is 17.2 Å². The zero-order valence-corrected chi connectivity index (χ0v) is 17.5. The molecular weight excluding hydrogens is 414 g/mol. The first-order valence-corrected chi connectivity index (χ1v) is 10.6. The number of nitrogens with zero attached hydrogens (tertiary/aromatic N) is 2. The summed E-state index contributed by atoms with van der Waals surface area (Å²) in [5.41, 5.74) is 1.18. The number of fused-ring (bicyclic) bond motifs is 1. The number of carbonyl (C=O) groups is 2. The van der Waals surface area contributed by atoms with Crippen LogP contribution < -0.4 is 14.4 Å². The maximum atomic E-state index is 13.1. The van der Waals surface area contributed by atoms with E-state index in [4.69, 9.17) is 14.2 Å². The molecule has 3 aliphatic rings. The molecule has 166 valence electrons. The van der Waals surface area contributed by atoms with Crippen molar-refractivity contribution in [2.75, 3.05) is 46.2 Å². The van der Waals surface area contributed by atoms with E-state index in [-0.39, 0.29) is 18.1 Å². The van der Waals surface area contributed by atoms with E-state index in [2.05, 4.69) is 4.98 Å². The number of morpholine rings is 1. The Morgan fingerprint density at radius 1 is 1.09 bits per heavy atom. The first-order chi connectivity index (χ1) is 15.6. The van der Waals surface area contributed by atoms with Crippen LogP contribution in [-0.4, -0.2) is 72.9 Å². The van der Waals surface area contributed by atoms with Crippen LogP contribution in [0.25, 0.3) is 5.76 Å². The van der Waals surface area contributed by atoms with E-state index >= 15 is 0 Å². The van der Waals surface area contributed by atoms with Crippen LogP contribution in [-0.2, 0) is 14.3 Å². The molecular formula is C23H24N3O6+. The summed E-state index contributed by atoms with van der Waals surface area (Å²) in [5.74, 6) is -0.480. The van der Waals surface area contributed by atoms with Gasteiger partial charge in [-0.05, 0) is 35.9 Å². The molecule has 32 heavy (non-hydrogen) atoms. The largest absolute Gasteiger partial charge is 0.507 e. The summed E-state index contributed by atoms with van der Waals surface area (Å²) in [7, 11) is 0. The summed E-state index contributed by atoms with van der Waals surface area (Å²) in [4.78, 5) is 33.1. The smallest absolute Gasteiger partial charge is 0.295 e. The molecule has 1 aromatic heterocycles. The number of quaternary nitrogens is 1. The Bertz CT molecular complexity index is 1060. The highest BCUT2D eigenvalue weighted by molar-refractivity contribution is 6.46. The predicted molar refractivity (Wildman–Crippen MR) is 112 cm³/mol.